The van der Waals surface area contributed by atoms with Crippen LogP contribution >= 0.6 is 38.6 Å². The highest BCUT2D eigenvalue weighted by atomic mass is 79.9. The molecule has 0 bridgehead atoms. The van der Waals surface area contributed by atoms with E-state index in [2.05, 4.69) is 43.7 Å². The number of benzene rings is 1. The van der Waals surface area contributed by atoms with Gasteiger partial charge in [0, 0.05) is 22.4 Å². The Hall–Kier alpha value is -1.90. The molecule has 3 rings (SSSR count). The predicted molar refractivity (Wildman–Crippen MR) is 118 cm³/mol. The number of amides is 1. The topological polar surface area (TPSA) is 60.5 Å². The van der Waals surface area contributed by atoms with E-state index in [1.807, 2.05) is 13.8 Å². The number of hydrogen-bond donors (Lipinski definition) is 1. The van der Waals surface area contributed by atoms with Crippen molar-refractivity contribution in [2.24, 2.45) is 0 Å². The summed E-state index contributed by atoms with van der Waals surface area (Å²) in [6, 6.07) is 7.62. The minimum Gasteiger partial charge on any atom is -0.493 e. The van der Waals surface area contributed by atoms with E-state index in [0.717, 1.165) is 22.0 Å². The molecule has 0 atom stereocenters. The largest absolute Gasteiger partial charge is 0.493 e. The smallest absolute Gasteiger partial charge is 0.251 e. The van der Waals surface area contributed by atoms with Crippen LogP contribution in [0.1, 0.15) is 27.2 Å². The fourth-order valence-corrected chi connectivity index (χ4v) is 4.88. The lowest BCUT2D eigenvalue weighted by molar-refractivity contribution is 0.0953. The Labute approximate surface area is 180 Å². The Morgan fingerprint density at radius 3 is 2.82 bits per heavy atom. The molecule has 8 heteroatoms. The number of halogens is 1. The van der Waals surface area contributed by atoms with Gasteiger partial charge >= 0.3 is 0 Å². The quantitative estimate of drug-likeness (QED) is 0.473. The number of ether oxygens (including phenoxy) is 2. The molecule has 2 heterocycles. The zero-order chi connectivity index (χ0) is 20.1. The summed E-state index contributed by atoms with van der Waals surface area (Å²) in [5.41, 5.74) is 1.55. The third-order valence-electron chi connectivity index (χ3n) is 3.97. The molecule has 0 aliphatic rings. The second-order valence-electron chi connectivity index (χ2n) is 5.95. The molecule has 0 saturated heterocycles. The van der Waals surface area contributed by atoms with Crippen LogP contribution in [0, 0.1) is 6.92 Å². The highest BCUT2D eigenvalue weighted by Crippen LogP contribution is 2.36. The summed E-state index contributed by atoms with van der Waals surface area (Å²) >= 11 is 6.81. The van der Waals surface area contributed by atoms with E-state index in [9.17, 15) is 4.79 Å². The molecule has 0 fully saturated rings. The monoisotopic (exact) mass is 480 g/mol. The van der Waals surface area contributed by atoms with Gasteiger partial charge in [-0.1, -0.05) is 0 Å². The molecule has 0 radical (unpaired) electrons. The van der Waals surface area contributed by atoms with Crippen molar-refractivity contribution in [3.63, 3.8) is 0 Å². The van der Waals surface area contributed by atoms with Gasteiger partial charge in [0.05, 0.1) is 33.8 Å². The number of carbonyl (C=O) groups excluding carboxylic acids is 1. The van der Waals surface area contributed by atoms with Gasteiger partial charge < -0.3 is 14.8 Å². The van der Waals surface area contributed by atoms with Gasteiger partial charge in [-0.15, -0.1) is 22.7 Å². The zero-order valence-electron chi connectivity index (χ0n) is 15.9. The van der Waals surface area contributed by atoms with E-state index in [1.165, 1.54) is 4.88 Å². The number of aryl methyl sites for hydroxylation is 1. The van der Waals surface area contributed by atoms with Gasteiger partial charge in [-0.25, -0.2) is 4.98 Å². The van der Waals surface area contributed by atoms with Crippen molar-refractivity contribution in [2.75, 3.05) is 20.3 Å². The third kappa shape index (κ3) is 4.92. The summed E-state index contributed by atoms with van der Waals surface area (Å²) in [5, 5.41) is 6.10. The molecule has 2 aromatic heterocycles. The number of hydrogen-bond acceptors (Lipinski definition) is 6. The summed E-state index contributed by atoms with van der Waals surface area (Å²) in [7, 11) is 1.56. The van der Waals surface area contributed by atoms with E-state index < -0.39 is 0 Å². The first kappa shape index (κ1) is 20.8. The molecule has 0 unspecified atom stereocenters. The number of rotatable bonds is 8. The summed E-state index contributed by atoms with van der Waals surface area (Å²) in [6.07, 6.45) is 0.773. The minimum absolute atomic E-state index is 0.144. The highest BCUT2D eigenvalue weighted by molar-refractivity contribution is 9.10. The van der Waals surface area contributed by atoms with Crippen molar-refractivity contribution in [1.29, 1.82) is 0 Å². The molecule has 0 saturated carbocycles. The summed E-state index contributed by atoms with van der Waals surface area (Å²) in [6.45, 7) is 4.98. The Balaban J connectivity index is 1.60. The van der Waals surface area contributed by atoms with Crippen molar-refractivity contribution in [1.82, 2.24) is 10.3 Å². The van der Waals surface area contributed by atoms with E-state index in [4.69, 9.17) is 9.47 Å². The van der Waals surface area contributed by atoms with Gasteiger partial charge in [0.2, 0.25) is 0 Å². The molecule has 1 aromatic carbocycles. The normalized spacial score (nSPS) is 10.7. The molecule has 5 nitrogen and oxygen atoms in total. The Morgan fingerprint density at radius 2 is 2.14 bits per heavy atom. The van der Waals surface area contributed by atoms with Crippen LogP contribution in [0.5, 0.6) is 11.5 Å². The van der Waals surface area contributed by atoms with Crippen molar-refractivity contribution < 1.29 is 14.3 Å². The van der Waals surface area contributed by atoms with Crippen molar-refractivity contribution in [3.8, 4) is 22.1 Å². The average molecular weight is 481 g/mol. The lowest BCUT2D eigenvalue weighted by atomic mass is 10.2. The van der Waals surface area contributed by atoms with Crippen LogP contribution in [0.25, 0.3) is 10.6 Å². The zero-order valence-corrected chi connectivity index (χ0v) is 19.1. The molecular formula is C20H21BrN2O3S2. The second kappa shape index (κ2) is 9.54. The summed E-state index contributed by atoms with van der Waals surface area (Å²) in [4.78, 5) is 19.4. The first-order valence-electron chi connectivity index (χ1n) is 8.81. The van der Waals surface area contributed by atoms with Gasteiger partial charge in [0.25, 0.3) is 5.91 Å². The maximum atomic E-state index is 12.5. The van der Waals surface area contributed by atoms with Crippen molar-refractivity contribution in [2.45, 2.75) is 20.3 Å². The van der Waals surface area contributed by atoms with Crippen LogP contribution < -0.4 is 14.8 Å². The average Bonchev–Trinajstić information content (AvgIpc) is 3.32. The maximum Gasteiger partial charge on any atom is 0.251 e. The molecule has 1 amide bonds. The first-order chi connectivity index (χ1) is 13.5. The first-order valence-corrected chi connectivity index (χ1v) is 11.3. The Bertz CT molecular complexity index is 968. The van der Waals surface area contributed by atoms with Crippen LogP contribution in [0.2, 0.25) is 0 Å². The van der Waals surface area contributed by atoms with E-state index in [1.54, 1.807) is 41.9 Å². The van der Waals surface area contributed by atoms with E-state index in [-0.39, 0.29) is 5.91 Å². The van der Waals surface area contributed by atoms with E-state index >= 15 is 0 Å². The van der Waals surface area contributed by atoms with Gasteiger partial charge in [-0.2, -0.15) is 0 Å². The number of aromatic nitrogens is 1. The maximum absolute atomic E-state index is 12.5. The number of carbonyl (C=O) groups is 1. The fraction of sp³-hybridized carbons (Fsp3) is 0.300. The van der Waals surface area contributed by atoms with Gasteiger partial charge in [0.1, 0.15) is 0 Å². The predicted octanol–water partition coefficient (Wildman–Crippen LogP) is 5.32. The van der Waals surface area contributed by atoms with Crippen molar-refractivity contribution in [3.05, 3.63) is 49.6 Å². The Morgan fingerprint density at radius 1 is 1.32 bits per heavy atom. The molecule has 3 aromatic rings. The standard InChI is InChI=1S/C20H21BrN2O3S2/c1-4-26-19-15(21)9-13(10-17(19)25-3)20(24)22-8-7-14-5-6-18(28-14)16-11-27-12(2)23-16/h5-6,9-11H,4,7-8H2,1-3H3,(H,22,24). The molecule has 0 spiro atoms. The van der Waals surface area contributed by atoms with Crippen LogP contribution in [0.15, 0.2) is 34.1 Å². The molecule has 1 N–H and O–H groups in total. The lowest BCUT2D eigenvalue weighted by Gasteiger charge is -2.13. The lowest BCUT2D eigenvalue weighted by Crippen LogP contribution is -2.25. The number of thiazole rings is 1. The minimum atomic E-state index is -0.144. The summed E-state index contributed by atoms with van der Waals surface area (Å²) in [5.74, 6) is 0.988. The number of thiophene rings is 1. The van der Waals surface area contributed by atoms with Gasteiger partial charge in [-0.3, -0.25) is 4.79 Å². The molecule has 0 aliphatic heterocycles. The molecule has 148 valence electrons. The Kier molecular flexibility index (Phi) is 7.09. The molecular weight excluding hydrogens is 460 g/mol. The fourth-order valence-electron chi connectivity index (χ4n) is 2.66. The number of nitrogens with one attached hydrogen (secondary N) is 1. The summed E-state index contributed by atoms with van der Waals surface area (Å²) < 4.78 is 11.6. The molecule has 28 heavy (non-hydrogen) atoms. The SMILES string of the molecule is CCOc1c(Br)cc(C(=O)NCCc2ccc(-c3csc(C)n3)s2)cc1OC. The van der Waals surface area contributed by atoms with Crippen LogP contribution in [0.3, 0.4) is 0 Å². The number of methoxy groups -OCH3 is 1. The van der Waals surface area contributed by atoms with Gasteiger partial charge in [0.15, 0.2) is 11.5 Å². The van der Waals surface area contributed by atoms with Gasteiger partial charge in [-0.05, 0) is 60.5 Å². The highest BCUT2D eigenvalue weighted by Gasteiger charge is 2.15. The second-order valence-corrected chi connectivity index (χ2v) is 9.03. The van der Waals surface area contributed by atoms with Crippen LogP contribution in [0.4, 0.5) is 0 Å². The number of nitrogens with zero attached hydrogens (tertiary/aromatic N) is 1. The van der Waals surface area contributed by atoms with Crippen LogP contribution in [-0.2, 0) is 6.42 Å². The van der Waals surface area contributed by atoms with Crippen molar-refractivity contribution >= 4 is 44.5 Å². The molecule has 0 aliphatic carbocycles. The third-order valence-corrected chi connectivity index (χ3v) is 6.50. The van der Waals surface area contributed by atoms with E-state index in [0.29, 0.717) is 34.7 Å². The van der Waals surface area contributed by atoms with Crippen LogP contribution in [-0.4, -0.2) is 31.2 Å².